The second kappa shape index (κ2) is 7.00. The Balaban J connectivity index is 1.70. The highest BCUT2D eigenvalue weighted by Crippen LogP contribution is 2.19. The highest BCUT2D eigenvalue weighted by molar-refractivity contribution is 7.80. The second-order valence-electron chi connectivity index (χ2n) is 4.60. The molecule has 1 aliphatic carbocycles. The number of hydrazine groups is 1. The topological polar surface area (TPSA) is 53.2 Å². The van der Waals surface area contributed by atoms with Gasteiger partial charge in [-0.1, -0.05) is 12.2 Å². The molecule has 1 amide bonds. The molecule has 1 atom stereocenters. The van der Waals surface area contributed by atoms with Gasteiger partial charge in [0.05, 0.1) is 0 Å². The van der Waals surface area contributed by atoms with Crippen LogP contribution in [0.1, 0.15) is 19.3 Å². The molecule has 0 fully saturated rings. The average Bonchev–Trinajstić information content (AvgIpc) is 2.92. The van der Waals surface area contributed by atoms with E-state index in [1.54, 1.807) is 12.1 Å². The van der Waals surface area contributed by atoms with E-state index in [1.807, 2.05) is 0 Å². The van der Waals surface area contributed by atoms with Crippen molar-refractivity contribution in [2.45, 2.75) is 19.3 Å². The van der Waals surface area contributed by atoms with Crippen LogP contribution in [0.4, 0.5) is 10.1 Å². The van der Waals surface area contributed by atoms with Crippen molar-refractivity contribution < 1.29 is 9.18 Å². The molecule has 0 spiro atoms. The molecule has 1 aromatic rings. The first-order chi connectivity index (χ1) is 9.63. The number of benzene rings is 1. The van der Waals surface area contributed by atoms with Gasteiger partial charge in [-0.05, 0) is 55.2 Å². The van der Waals surface area contributed by atoms with Crippen molar-refractivity contribution in [3.63, 3.8) is 0 Å². The van der Waals surface area contributed by atoms with Gasteiger partial charge in [0.15, 0.2) is 5.11 Å². The molecule has 3 N–H and O–H groups in total. The van der Waals surface area contributed by atoms with E-state index in [4.69, 9.17) is 12.2 Å². The number of thiocarbonyl (C=S) groups is 1. The molecule has 0 aromatic heterocycles. The molecule has 0 bridgehead atoms. The molecule has 0 saturated heterocycles. The molecule has 2 rings (SSSR count). The molecule has 20 heavy (non-hydrogen) atoms. The van der Waals surface area contributed by atoms with Crippen molar-refractivity contribution in [3.05, 3.63) is 42.2 Å². The van der Waals surface area contributed by atoms with Gasteiger partial charge < -0.3 is 5.32 Å². The van der Waals surface area contributed by atoms with Gasteiger partial charge >= 0.3 is 0 Å². The molecular formula is C14H16FN3OS. The van der Waals surface area contributed by atoms with Crippen molar-refractivity contribution in [1.82, 2.24) is 10.9 Å². The summed E-state index contributed by atoms with van der Waals surface area (Å²) in [7, 11) is 0. The maximum Gasteiger partial charge on any atom is 0.238 e. The maximum atomic E-state index is 12.7. The van der Waals surface area contributed by atoms with Crippen LogP contribution in [0.15, 0.2) is 36.4 Å². The lowest BCUT2D eigenvalue weighted by Gasteiger charge is -2.13. The van der Waals surface area contributed by atoms with Gasteiger partial charge in [0.1, 0.15) is 5.82 Å². The van der Waals surface area contributed by atoms with E-state index in [0.29, 0.717) is 18.0 Å². The molecule has 106 valence electrons. The lowest BCUT2D eigenvalue weighted by Crippen LogP contribution is -2.44. The molecule has 0 saturated carbocycles. The molecular weight excluding hydrogens is 277 g/mol. The number of carbonyl (C=O) groups is 1. The summed E-state index contributed by atoms with van der Waals surface area (Å²) in [6.45, 7) is 0. The first-order valence-electron chi connectivity index (χ1n) is 6.41. The monoisotopic (exact) mass is 293 g/mol. The Morgan fingerprint density at radius 1 is 1.30 bits per heavy atom. The predicted molar refractivity (Wildman–Crippen MR) is 80.4 cm³/mol. The standard InChI is InChI=1S/C14H16FN3OS/c15-11-5-7-12(8-6-11)16-14(20)18-17-13(19)9-10-3-1-2-4-10/h1,3,5-8,10H,2,4,9H2,(H,17,19)(H2,16,18,20)/t10-/m0/s1. The number of hydrogen-bond donors (Lipinski definition) is 3. The molecule has 0 unspecified atom stereocenters. The average molecular weight is 293 g/mol. The molecule has 1 aliphatic rings. The Morgan fingerprint density at radius 2 is 2.05 bits per heavy atom. The minimum atomic E-state index is -0.313. The van der Waals surface area contributed by atoms with Crippen LogP contribution in [-0.4, -0.2) is 11.0 Å². The van der Waals surface area contributed by atoms with Crippen LogP contribution in [0.2, 0.25) is 0 Å². The van der Waals surface area contributed by atoms with Gasteiger partial charge in [0, 0.05) is 12.1 Å². The van der Waals surface area contributed by atoms with Crippen LogP contribution in [0.5, 0.6) is 0 Å². The molecule has 4 nitrogen and oxygen atoms in total. The Labute approximate surface area is 122 Å². The Kier molecular flexibility index (Phi) is 5.06. The third-order valence-corrected chi connectivity index (χ3v) is 3.18. The van der Waals surface area contributed by atoms with Gasteiger partial charge in [-0.15, -0.1) is 0 Å². The van der Waals surface area contributed by atoms with Crippen molar-refractivity contribution in [3.8, 4) is 0 Å². The third-order valence-electron chi connectivity index (χ3n) is 2.98. The van der Waals surface area contributed by atoms with Crippen LogP contribution in [0.3, 0.4) is 0 Å². The van der Waals surface area contributed by atoms with E-state index in [0.717, 1.165) is 12.8 Å². The minimum Gasteiger partial charge on any atom is -0.331 e. The van der Waals surface area contributed by atoms with Crippen LogP contribution in [0.25, 0.3) is 0 Å². The van der Waals surface area contributed by atoms with Gasteiger partial charge in [-0.25, -0.2) is 4.39 Å². The highest BCUT2D eigenvalue weighted by atomic mass is 32.1. The Hall–Kier alpha value is -1.95. The predicted octanol–water partition coefficient (Wildman–Crippen LogP) is 2.50. The van der Waals surface area contributed by atoms with Crippen LogP contribution in [0, 0.1) is 11.7 Å². The maximum absolute atomic E-state index is 12.7. The largest absolute Gasteiger partial charge is 0.331 e. The van der Waals surface area contributed by atoms with Gasteiger partial charge in [0.2, 0.25) is 5.91 Å². The SMILES string of the molecule is O=C(C[C@H]1C=CCC1)NNC(=S)Nc1ccc(F)cc1. The molecule has 1 aromatic carbocycles. The van der Waals surface area contributed by atoms with E-state index in [-0.39, 0.29) is 16.8 Å². The summed E-state index contributed by atoms with van der Waals surface area (Å²) < 4.78 is 12.7. The van der Waals surface area contributed by atoms with E-state index in [2.05, 4.69) is 28.3 Å². The first-order valence-corrected chi connectivity index (χ1v) is 6.82. The zero-order valence-electron chi connectivity index (χ0n) is 10.9. The van der Waals surface area contributed by atoms with E-state index >= 15 is 0 Å². The second-order valence-corrected chi connectivity index (χ2v) is 5.01. The summed E-state index contributed by atoms with van der Waals surface area (Å²) in [4.78, 5) is 11.7. The lowest BCUT2D eigenvalue weighted by molar-refractivity contribution is -0.122. The molecule has 0 heterocycles. The van der Waals surface area contributed by atoms with Crippen molar-refractivity contribution >= 4 is 28.9 Å². The summed E-state index contributed by atoms with van der Waals surface area (Å²) in [5, 5.41) is 3.10. The van der Waals surface area contributed by atoms with Crippen molar-refractivity contribution in [1.29, 1.82) is 0 Å². The van der Waals surface area contributed by atoms with Gasteiger partial charge in [-0.2, -0.15) is 0 Å². The number of rotatable bonds is 3. The summed E-state index contributed by atoms with van der Waals surface area (Å²) in [6.07, 6.45) is 6.66. The number of amides is 1. The fourth-order valence-corrected chi connectivity index (χ4v) is 2.15. The summed E-state index contributed by atoms with van der Waals surface area (Å²) >= 11 is 5.03. The number of allylic oxidation sites excluding steroid dienone is 2. The third kappa shape index (κ3) is 4.62. The number of halogens is 1. The van der Waals surface area contributed by atoms with Gasteiger partial charge in [0.25, 0.3) is 0 Å². The number of nitrogens with one attached hydrogen (secondary N) is 3. The zero-order chi connectivity index (χ0) is 14.4. The molecule has 6 heteroatoms. The number of anilines is 1. The Morgan fingerprint density at radius 3 is 2.70 bits per heavy atom. The van der Waals surface area contributed by atoms with Crippen LogP contribution in [-0.2, 0) is 4.79 Å². The molecule has 0 radical (unpaired) electrons. The van der Waals surface area contributed by atoms with Crippen LogP contribution < -0.4 is 16.2 Å². The fraction of sp³-hybridized carbons (Fsp3) is 0.286. The van der Waals surface area contributed by atoms with Gasteiger partial charge in [-0.3, -0.25) is 15.6 Å². The minimum absolute atomic E-state index is 0.107. The highest BCUT2D eigenvalue weighted by Gasteiger charge is 2.13. The zero-order valence-corrected chi connectivity index (χ0v) is 11.7. The summed E-state index contributed by atoms with van der Waals surface area (Å²) in [5.41, 5.74) is 5.81. The summed E-state index contributed by atoms with van der Waals surface area (Å²) in [5.74, 6) is -0.104. The Bertz CT molecular complexity index is 516. The summed E-state index contributed by atoms with van der Waals surface area (Å²) in [6, 6.07) is 5.79. The molecule has 0 aliphatic heterocycles. The van der Waals surface area contributed by atoms with E-state index in [9.17, 15) is 9.18 Å². The van der Waals surface area contributed by atoms with E-state index in [1.165, 1.54) is 12.1 Å². The number of carbonyl (C=O) groups excluding carboxylic acids is 1. The van der Waals surface area contributed by atoms with Crippen molar-refractivity contribution in [2.24, 2.45) is 5.92 Å². The first kappa shape index (κ1) is 14.5. The van der Waals surface area contributed by atoms with Crippen molar-refractivity contribution in [2.75, 3.05) is 5.32 Å². The lowest BCUT2D eigenvalue weighted by atomic mass is 10.1. The van der Waals surface area contributed by atoms with Crippen LogP contribution >= 0.6 is 12.2 Å². The fourth-order valence-electron chi connectivity index (χ4n) is 1.98. The number of hydrogen-bond acceptors (Lipinski definition) is 2. The smallest absolute Gasteiger partial charge is 0.238 e. The normalized spacial score (nSPS) is 16.8. The van der Waals surface area contributed by atoms with E-state index < -0.39 is 0 Å². The quantitative estimate of drug-likeness (QED) is 0.455.